The third-order valence-electron chi connectivity index (χ3n) is 9.15. The predicted octanol–water partition coefficient (Wildman–Crippen LogP) is 6.46. The Kier molecular flexibility index (Phi) is 12.2. The van der Waals surface area contributed by atoms with E-state index in [2.05, 4.69) is 103 Å². The van der Waals surface area contributed by atoms with Gasteiger partial charge < -0.3 is 15.0 Å². The number of nitrogen functional groups attached to an aromatic ring is 1. The summed E-state index contributed by atoms with van der Waals surface area (Å²) in [4.78, 5) is 36.6. The van der Waals surface area contributed by atoms with Gasteiger partial charge in [-0.1, -0.05) is 137 Å². The molecule has 0 radical (unpaired) electrons. The number of hydrogen-bond acceptors (Lipinski definition) is 6. The second kappa shape index (κ2) is 16.0. The van der Waals surface area contributed by atoms with E-state index in [4.69, 9.17) is 10.5 Å². The standard InChI is InChI=1S/C36H51N5O3Si/c1-5-6-7-8-9-10-17-22-31(42)44-26-28(25-41-27-38-32-33(41)39-35(37)40-34(32)43)23-24-45(36(2,3)4,29-18-13-11-14-19-29)30-20-15-12-16-21-30/h11-16,18-21,27-28H,5-10,17,22-26H2,1-4H3,(H3,37,39,40,43)/t28-/m1/s1. The van der Waals surface area contributed by atoms with Crippen LogP contribution in [-0.2, 0) is 16.1 Å². The minimum Gasteiger partial charge on any atom is -0.465 e. The predicted molar refractivity (Wildman–Crippen MR) is 187 cm³/mol. The van der Waals surface area contributed by atoms with Crippen molar-refractivity contribution < 1.29 is 9.53 Å². The third-order valence-corrected chi connectivity index (χ3v) is 15.4. The number of anilines is 1. The molecule has 0 bridgehead atoms. The lowest BCUT2D eigenvalue weighted by molar-refractivity contribution is -0.145. The van der Waals surface area contributed by atoms with E-state index in [1.807, 2.05) is 4.57 Å². The first-order chi connectivity index (χ1) is 21.7. The van der Waals surface area contributed by atoms with Gasteiger partial charge in [-0.15, -0.1) is 0 Å². The second-order valence-electron chi connectivity index (χ2n) is 13.4. The molecule has 9 heteroatoms. The van der Waals surface area contributed by atoms with E-state index in [9.17, 15) is 9.59 Å². The molecule has 0 amide bonds. The van der Waals surface area contributed by atoms with Gasteiger partial charge in [-0.25, -0.2) is 4.98 Å². The molecular weight excluding hydrogens is 579 g/mol. The Morgan fingerprint density at radius 2 is 1.56 bits per heavy atom. The molecule has 0 saturated heterocycles. The Hall–Kier alpha value is -3.72. The SMILES string of the molecule is CCCCCCCCCC(=O)OC[C@H](CC[Si](c1ccccc1)(c1ccccc1)C(C)(C)C)Cn1cnc2c(=O)[nH]c(N)nc21. The monoisotopic (exact) mass is 629 g/mol. The van der Waals surface area contributed by atoms with Crippen LogP contribution in [0.1, 0.15) is 85.5 Å². The molecule has 4 aromatic rings. The Morgan fingerprint density at radius 1 is 0.956 bits per heavy atom. The number of H-pyrrole nitrogens is 1. The number of aromatic nitrogens is 4. The maximum atomic E-state index is 12.9. The number of benzene rings is 2. The molecule has 2 aromatic heterocycles. The highest BCUT2D eigenvalue weighted by Crippen LogP contribution is 2.40. The van der Waals surface area contributed by atoms with E-state index in [0.29, 0.717) is 25.2 Å². The van der Waals surface area contributed by atoms with Crippen molar-refractivity contribution in [2.75, 3.05) is 12.3 Å². The van der Waals surface area contributed by atoms with Crippen molar-refractivity contribution >= 4 is 41.5 Å². The molecule has 8 nitrogen and oxygen atoms in total. The molecule has 4 rings (SSSR count). The summed E-state index contributed by atoms with van der Waals surface area (Å²) in [5.74, 6) is -0.100. The number of nitrogens with zero attached hydrogens (tertiary/aromatic N) is 3. The number of esters is 1. The summed E-state index contributed by atoms with van der Waals surface area (Å²) in [6, 6.07) is 22.8. The Labute approximate surface area is 268 Å². The summed E-state index contributed by atoms with van der Waals surface area (Å²) in [6.45, 7) is 10.1. The molecule has 45 heavy (non-hydrogen) atoms. The second-order valence-corrected chi connectivity index (χ2v) is 18.3. The molecule has 2 aromatic carbocycles. The lowest BCUT2D eigenvalue weighted by Gasteiger charge is -2.45. The number of imidazole rings is 1. The van der Waals surface area contributed by atoms with Crippen LogP contribution in [0.15, 0.2) is 71.8 Å². The molecule has 0 unspecified atom stereocenters. The number of carbonyl (C=O) groups excluding carboxylic acids is 1. The first-order valence-electron chi connectivity index (χ1n) is 16.6. The molecule has 0 spiro atoms. The summed E-state index contributed by atoms with van der Waals surface area (Å²) in [5.41, 5.74) is 6.24. The van der Waals surface area contributed by atoms with Gasteiger partial charge in [0.05, 0.1) is 12.9 Å². The normalized spacial score (nSPS) is 12.8. The number of nitrogens with two attached hydrogens (primary N) is 1. The lowest BCUT2D eigenvalue weighted by Crippen LogP contribution is -2.64. The van der Waals surface area contributed by atoms with Crippen LogP contribution in [0.3, 0.4) is 0 Å². The van der Waals surface area contributed by atoms with Crippen molar-refractivity contribution in [3.8, 4) is 0 Å². The van der Waals surface area contributed by atoms with E-state index in [0.717, 1.165) is 31.7 Å². The van der Waals surface area contributed by atoms with Gasteiger partial charge in [0.25, 0.3) is 5.56 Å². The van der Waals surface area contributed by atoms with Crippen LogP contribution in [0.2, 0.25) is 11.1 Å². The average Bonchev–Trinajstić information content (AvgIpc) is 3.42. The van der Waals surface area contributed by atoms with Crippen LogP contribution in [0.4, 0.5) is 5.95 Å². The molecule has 0 fully saturated rings. The molecule has 0 aliphatic rings. The van der Waals surface area contributed by atoms with Crippen LogP contribution < -0.4 is 21.7 Å². The van der Waals surface area contributed by atoms with Gasteiger partial charge in [0.2, 0.25) is 5.95 Å². The van der Waals surface area contributed by atoms with Crippen molar-refractivity contribution in [3.05, 3.63) is 77.3 Å². The van der Waals surface area contributed by atoms with E-state index in [1.165, 1.54) is 36.1 Å². The zero-order chi connectivity index (χ0) is 32.3. The van der Waals surface area contributed by atoms with E-state index < -0.39 is 8.07 Å². The number of unbranched alkanes of at least 4 members (excludes halogenated alkanes) is 6. The zero-order valence-corrected chi connectivity index (χ0v) is 28.6. The van der Waals surface area contributed by atoms with Crippen molar-refractivity contribution in [3.63, 3.8) is 0 Å². The molecule has 0 aliphatic carbocycles. The highest BCUT2D eigenvalue weighted by molar-refractivity contribution is 7.04. The molecule has 1 atom stereocenters. The topological polar surface area (TPSA) is 116 Å². The summed E-state index contributed by atoms with van der Waals surface area (Å²) in [7, 11) is -2.34. The minimum absolute atomic E-state index is 0.00986. The van der Waals surface area contributed by atoms with Gasteiger partial charge in [0.15, 0.2) is 11.2 Å². The van der Waals surface area contributed by atoms with Crippen LogP contribution in [-0.4, -0.2) is 40.2 Å². The van der Waals surface area contributed by atoms with Gasteiger partial charge in [0.1, 0.15) is 8.07 Å². The van der Waals surface area contributed by atoms with Gasteiger partial charge in [-0.3, -0.25) is 14.6 Å². The first kappa shape index (κ1) is 34.2. The third kappa shape index (κ3) is 8.72. The number of aromatic amines is 1. The number of fused-ring (bicyclic) bond motifs is 1. The fourth-order valence-corrected chi connectivity index (χ4v) is 12.4. The molecule has 0 saturated carbocycles. The molecular formula is C36H51N5O3Si. The summed E-state index contributed by atoms with van der Waals surface area (Å²) >= 11 is 0. The minimum atomic E-state index is -2.34. The Bertz CT molecular complexity index is 1510. The van der Waals surface area contributed by atoms with Gasteiger partial charge in [-0.05, 0) is 23.9 Å². The maximum Gasteiger partial charge on any atom is 0.305 e. The van der Waals surface area contributed by atoms with Crippen molar-refractivity contribution in [1.29, 1.82) is 0 Å². The fraction of sp³-hybridized carbons (Fsp3) is 0.500. The summed E-state index contributed by atoms with van der Waals surface area (Å²) in [5, 5.41) is 2.80. The largest absolute Gasteiger partial charge is 0.465 e. The molecule has 3 N–H and O–H groups in total. The number of ether oxygens (including phenoxy) is 1. The smallest absolute Gasteiger partial charge is 0.305 e. The van der Waals surface area contributed by atoms with Gasteiger partial charge >= 0.3 is 5.97 Å². The first-order valence-corrected chi connectivity index (χ1v) is 18.8. The lowest BCUT2D eigenvalue weighted by atomic mass is 10.1. The quantitative estimate of drug-likeness (QED) is 0.0787. The Morgan fingerprint density at radius 3 is 2.16 bits per heavy atom. The maximum absolute atomic E-state index is 12.9. The molecule has 2 heterocycles. The highest BCUT2D eigenvalue weighted by atomic mass is 28.3. The number of hydrogen-bond donors (Lipinski definition) is 2. The van der Waals surface area contributed by atoms with Crippen molar-refractivity contribution in [1.82, 2.24) is 19.5 Å². The summed E-state index contributed by atoms with van der Waals surface area (Å²) < 4.78 is 7.83. The number of rotatable bonds is 17. The van der Waals surface area contributed by atoms with E-state index >= 15 is 0 Å². The van der Waals surface area contributed by atoms with Crippen molar-refractivity contribution in [2.24, 2.45) is 5.92 Å². The van der Waals surface area contributed by atoms with E-state index in [1.54, 1.807) is 6.33 Å². The number of nitrogens with one attached hydrogen (secondary N) is 1. The number of carbonyl (C=O) groups is 1. The Balaban J connectivity index is 1.57. The highest BCUT2D eigenvalue weighted by Gasteiger charge is 2.47. The summed E-state index contributed by atoms with van der Waals surface area (Å²) in [6.07, 6.45) is 11.0. The average molecular weight is 630 g/mol. The van der Waals surface area contributed by atoms with Gasteiger partial charge in [0, 0.05) is 18.9 Å². The molecule has 0 aliphatic heterocycles. The zero-order valence-electron chi connectivity index (χ0n) is 27.6. The van der Waals surface area contributed by atoms with Crippen molar-refractivity contribution in [2.45, 2.75) is 103 Å². The fourth-order valence-electron chi connectivity index (χ4n) is 6.68. The molecule has 242 valence electrons. The van der Waals surface area contributed by atoms with Gasteiger partial charge in [-0.2, -0.15) is 4.98 Å². The van der Waals surface area contributed by atoms with Crippen LogP contribution in [0.5, 0.6) is 0 Å². The van der Waals surface area contributed by atoms with Crippen LogP contribution >= 0.6 is 0 Å². The van der Waals surface area contributed by atoms with E-state index in [-0.39, 0.29) is 33.9 Å². The van der Waals surface area contributed by atoms with Crippen LogP contribution in [0, 0.1) is 5.92 Å². The van der Waals surface area contributed by atoms with Crippen LogP contribution in [0.25, 0.3) is 11.2 Å².